The quantitative estimate of drug-likeness (QED) is 0.321. The molecule has 0 aromatic rings. The van der Waals surface area contributed by atoms with Crippen LogP contribution in [0.15, 0.2) is 0 Å². The molecular formula is C10H25N3O3. The van der Waals surface area contributed by atoms with Crippen molar-refractivity contribution < 1.29 is 14.4 Å². The standard InChI is InChI=1S/C6H13NO3.C4H12N2/c1-6(2,3)5(8)9-4-10-7;1-3-6(5)4-2/h4,7H2,1-3H3;3-5H2,1-2H3. The van der Waals surface area contributed by atoms with Gasteiger partial charge in [-0.2, -0.15) is 0 Å². The third kappa shape index (κ3) is 11.4. The number of carbonyl (C=O) groups excluding carboxylic acids is 1. The van der Waals surface area contributed by atoms with E-state index in [9.17, 15) is 4.79 Å². The Labute approximate surface area is 97.8 Å². The lowest BCUT2D eigenvalue weighted by atomic mass is 9.98. The molecule has 0 amide bonds. The Kier molecular flexibility index (Phi) is 10.5. The molecule has 0 rings (SSSR count). The number of nitrogens with two attached hydrogens (primary N) is 2. The highest BCUT2D eigenvalue weighted by atomic mass is 16.7. The van der Waals surface area contributed by atoms with E-state index >= 15 is 0 Å². The van der Waals surface area contributed by atoms with Crippen molar-refractivity contribution in [3.05, 3.63) is 0 Å². The summed E-state index contributed by atoms with van der Waals surface area (Å²) in [6.45, 7) is 11.0. The van der Waals surface area contributed by atoms with Gasteiger partial charge in [0.15, 0.2) is 0 Å². The Morgan fingerprint density at radius 3 is 1.88 bits per heavy atom. The van der Waals surface area contributed by atoms with Crippen molar-refractivity contribution in [2.75, 3.05) is 19.9 Å². The predicted octanol–water partition coefficient (Wildman–Crippen LogP) is 0.625. The van der Waals surface area contributed by atoms with E-state index in [1.807, 2.05) is 13.8 Å². The van der Waals surface area contributed by atoms with E-state index in [1.165, 1.54) is 0 Å². The molecule has 0 bridgehead atoms. The monoisotopic (exact) mass is 235 g/mol. The molecule has 0 aliphatic heterocycles. The molecule has 6 heteroatoms. The Morgan fingerprint density at radius 2 is 1.69 bits per heavy atom. The first-order valence-corrected chi connectivity index (χ1v) is 5.28. The van der Waals surface area contributed by atoms with Crippen LogP contribution in [0.2, 0.25) is 0 Å². The van der Waals surface area contributed by atoms with Gasteiger partial charge in [0.05, 0.1) is 5.41 Å². The van der Waals surface area contributed by atoms with Crippen LogP contribution in [-0.4, -0.2) is 30.9 Å². The number of hydrazine groups is 1. The summed E-state index contributed by atoms with van der Waals surface area (Å²) in [5.74, 6) is 9.63. The summed E-state index contributed by atoms with van der Waals surface area (Å²) in [5.41, 5.74) is -0.488. The van der Waals surface area contributed by atoms with Crippen LogP contribution in [0.1, 0.15) is 34.6 Å². The van der Waals surface area contributed by atoms with Gasteiger partial charge in [-0.15, -0.1) is 0 Å². The highest BCUT2D eigenvalue weighted by molar-refractivity contribution is 5.75. The fourth-order valence-electron chi connectivity index (χ4n) is 0.528. The third-order valence-corrected chi connectivity index (χ3v) is 1.68. The molecule has 0 aliphatic carbocycles. The van der Waals surface area contributed by atoms with Crippen molar-refractivity contribution >= 4 is 5.97 Å². The second kappa shape index (κ2) is 9.53. The van der Waals surface area contributed by atoms with Gasteiger partial charge in [0, 0.05) is 13.1 Å². The maximum atomic E-state index is 10.9. The number of ether oxygens (including phenoxy) is 1. The van der Waals surface area contributed by atoms with E-state index in [-0.39, 0.29) is 12.8 Å². The molecule has 0 aromatic heterocycles. The van der Waals surface area contributed by atoms with E-state index in [1.54, 1.807) is 25.8 Å². The normalized spacial score (nSPS) is 10.8. The van der Waals surface area contributed by atoms with Gasteiger partial charge in [-0.3, -0.25) is 15.5 Å². The minimum atomic E-state index is -0.488. The van der Waals surface area contributed by atoms with Crippen LogP contribution in [0.25, 0.3) is 0 Å². The third-order valence-electron chi connectivity index (χ3n) is 1.68. The molecule has 0 spiro atoms. The van der Waals surface area contributed by atoms with Gasteiger partial charge in [0.1, 0.15) is 0 Å². The number of hydrogen-bond acceptors (Lipinski definition) is 6. The number of esters is 1. The zero-order valence-corrected chi connectivity index (χ0v) is 10.9. The average molecular weight is 235 g/mol. The number of carbonyl (C=O) groups is 1. The van der Waals surface area contributed by atoms with Crippen LogP contribution in [0.4, 0.5) is 0 Å². The van der Waals surface area contributed by atoms with Gasteiger partial charge in [-0.1, -0.05) is 13.8 Å². The summed E-state index contributed by atoms with van der Waals surface area (Å²) in [7, 11) is 0. The zero-order valence-electron chi connectivity index (χ0n) is 10.9. The molecule has 0 radical (unpaired) electrons. The van der Waals surface area contributed by atoms with Gasteiger partial charge >= 0.3 is 5.97 Å². The molecule has 0 saturated carbocycles. The topological polar surface area (TPSA) is 90.8 Å². The molecule has 6 nitrogen and oxygen atoms in total. The molecule has 0 atom stereocenters. The minimum Gasteiger partial charge on any atom is -0.436 e. The summed E-state index contributed by atoms with van der Waals surface area (Å²) < 4.78 is 4.57. The van der Waals surface area contributed by atoms with Crippen molar-refractivity contribution in [1.82, 2.24) is 5.01 Å². The number of hydrogen-bond donors (Lipinski definition) is 2. The first kappa shape index (κ1) is 17.7. The fourth-order valence-corrected chi connectivity index (χ4v) is 0.528. The van der Waals surface area contributed by atoms with Gasteiger partial charge in [-0.25, -0.2) is 10.9 Å². The molecule has 0 heterocycles. The lowest BCUT2D eigenvalue weighted by molar-refractivity contribution is -0.166. The van der Waals surface area contributed by atoms with Crippen LogP contribution in [0.3, 0.4) is 0 Å². The molecular weight excluding hydrogens is 210 g/mol. The number of rotatable bonds is 4. The minimum absolute atomic E-state index is 0.184. The SMILES string of the molecule is CC(C)(C)C(=O)OCON.CCN(N)CC. The molecule has 0 saturated heterocycles. The Bertz CT molecular complexity index is 177. The zero-order chi connectivity index (χ0) is 13.2. The lowest BCUT2D eigenvalue weighted by Gasteiger charge is -2.15. The molecule has 0 unspecified atom stereocenters. The van der Waals surface area contributed by atoms with Gasteiger partial charge in [0.2, 0.25) is 6.79 Å². The summed E-state index contributed by atoms with van der Waals surface area (Å²) >= 11 is 0. The van der Waals surface area contributed by atoms with Crippen LogP contribution in [0, 0.1) is 5.41 Å². The van der Waals surface area contributed by atoms with E-state index in [0.717, 1.165) is 13.1 Å². The number of nitrogens with zero attached hydrogens (tertiary/aromatic N) is 1. The Morgan fingerprint density at radius 1 is 1.25 bits per heavy atom. The smallest absolute Gasteiger partial charge is 0.313 e. The second-order valence-corrected chi connectivity index (χ2v) is 4.19. The summed E-state index contributed by atoms with van der Waals surface area (Å²) in [6.07, 6.45) is 0. The molecule has 0 aliphatic rings. The van der Waals surface area contributed by atoms with Crippen LogP contribution in [0.5, 0.6) is 0 Å². The summed E-state index contributed by atoms with van der Waals surface area (Å²) in [6, 6.07) is 0. The van der Waals surface area contributed by atoms with Crippen LogP contribution < -0.4 is 11.7 Å². The van der Waals surface area contributed by atoms with E-state index in [4.69, 9.17) is 5.84 Å². The maximum Gasteiger partial charge on any atom is 0.313 e. The maximum absolute atomic E-state index is 10.9. The molecule has 16 heavy (non-hydrogen) atoms. The molecule has 0 aromatic carbocycles. The fraction of sp³-hybridized carbons (Fsp3) is 0.900. The van der Waals surface area contributed by atoms with Crippen molar-refractivity contribution in [3.63, 3.8) is 0 Å². The van der Waals surface area contributed by atoms with Crippen molar-refractivity contribution in [3.8, 4) is 0 Å². The summed E-state index contributed by atoms with van der Waals surface area (Å²) in [5, 5.41) is 1.75. The van der Waals surface area contributed by atoms with Crippen LogP contribution in [-0.2, 0) is 14.4 Å². The largest absolute Gasteiger partial charge is 0.436 e. The molecule has 4 N–H and O–H groups in total. The van der Waals surface area contributed by atoms with E-state index in [2.05, 4.69) is 15.5 Å². The predicted molar refractivity (Wildman–Crippen MR) is 62.8 cm³/mol. The Hall–Kier alpha value is -0.690. The first-order valence-electron chi connectivity index (χ1n) is 5.28. The van der Waals surface area contributed by atoms with Gasteiger partial charge in [0.25, 0.3) is 0 Å². The van der Waals surface area contributed by atoms with Crippen molar-refractivity contribution in [2.45, 2.75) is 34.6 Å². The first-order chi connectivity index (χ1) is 7.29. The molecule has 0 fully saturated rings. The van der Waals surface area contributed by atoms with Crippen molar-refractivity contribution in [1.29, 1.82) is 0 Å². The van der Waals surface area contributed by atoms with Gasteiger partial charge in [-0.05, 0) is 20.8 Å². The summed E-state index contributed by atoms with van der Waals surface area (Å²) in [4.78, 5) is 14.9. The second-order valence-electron chi connectivity index (χ2n) is 4.19. The Balaban J connectivity index is 0. The molecule has 98 valence electrons. The van der Waals surface area contributed by atoms with E-state index < -0.39 is 5.41 Å². The average Bonchev–Trinajstić information content (AvgIpc) is 2.24. The van der Waals surface area contributed by atoms with Crippen LogP contribution >= 0.6 is 0 Å². The van der Waals surface area contributed by atoms with Gasteiger partial charge < -0.3 is 4.74 Å². The van der Waals surface area contributed by atoms with E-state index in [0.29, 0.717) is 0 Å². The highest BCUT2D eigenvalue weighted by Crippen LogP contribution is 2.14. The van der Waals surface area contributed by atoms with Crippen molar-refractivity contribution in [2.24, 2.45) is 17.2 Å². The lowest BCUT2D eigenvalue weighted by Crippen LogP contribution is -2.29. The highest BCUT2D eigenvalue weighted by Gasteiger charge is 2.22.